The van der Waals surface area contributed by atoms with Gasteiger partial charge in [-0.3, -0.25) is 0 Å². The van der Waals surface area contributed by atoms with Gasteiger partial charge >= 0.3 is 0 Å². The predicted molar refractivity (Wildman–Crippen MR) is 80.4 cm³/mol. The van der Waals surface area contributed by atoms with Crippen LogP contribution in [0.3, 0.4) is 0 Å². The Morgan fingerprint density at radius 1 is 1.29 bits per heavy atom. The number of aliphatic hydroxyl groups excluding tert-OH is 2. The maximum absolute atomic E-state index is 12.8. The summed E-state index contributed by atoms with van der Waals surface area (Å²) in [6.07, 6.45) is 0.930. The number of rotatable bonds is 5. The molecular formula is C15H23NO4S. The monoisotopic (exact) mass is 313 g/mol. The Balaban J connectivity index is 2.40. The average molecular weight is 313 g/mol. The van der Waals surface area contributed by atoms with E-state index in [2.05, 4.69) is 0 Å². The van der Waals surface area contributed by atoms with Crippen LogP contribution in [0.15, 0.2) is 29.2 Å². The number of hydrogen-bond donors (Lipinski definition) is 2. The van der Waals surface area contributed by atoms with Crippen LogP contribution in [0, 0.1) is 6.92 Å². The van der Waals surface area contributed by atoms with Gasteiger partial charge in [-0.25, -0.2) is 8.42 Å². The van der Waals surface area contributed by atoms with E-state index in [9.17, 15) is 18.6 Å². The average Bonchev–Trinajstić information content (AvgIpc) is 2.91. The standard InChI is InChI=1S/C15H23NO4S/c1-3-15(18)14-9-6-12(10-17)16(14)21(19,20)13-7-4-11(2)5-8-13/h4-5,7-8,12,14-15,17-18H,3,6,9-10H2,1-2H3/t12-,14+,15-/m0/s1. The molecule has 3 atom stereocenters. The molecule has 21 heavy (non-hydrogen) atoms. The number of aryl methyl sites for hydroxylation is 1. The van der Waals surface area contributed by atoms with Crippen molar-refractivity contribution in [3.63, 3.8) is 0 Å². The smallest absolute Gasteiger partial charge is 0.243 e. The number of aliphatic hydroxyl groups is 2. The van der Waals surface area contributed by atoms with Gasteiger partial charge in [-0.2, -0.15) is 4.31 Å². The van der Waals surface area contributed by atoms with Crippen molar-refractivity contribution in [3.05, 3.63) is 29.8 Å². The summed E-state index contributed by atoms with van der Waals surface area (Å²) in [5.41, 5.74) is 0.985. The molecule has 6 heteroatoms. The van der Waals surface area contributed by atoms with E-state index in [1.165, 1.54) is 4.31 Å². The third kappa shape index (κ3) is 3.13. The van der Waals surface area contributed by atoms with Crippen LogP contribution in [-0.4, -0.2) is 47.7 Å². The normalized spacial score (nSPS) is 25.1. The first-order valence-corrected chi connectivity index (χ1v) is 8.75. The van der Waals surface area contributed by atoms with Gasteiger partial charge in [0.25, 0.3) is 0 Å². The van der Waals surface area contributed by atoms with Crippen LogP contribution in [0.5, 0.6) is 0 Å². The van der Waals surface area contributed by atoms with Crippen molar-refractivity contribution in [1.29, 1.82) is 0 Å². The SMILES string of the molecule is CC[C@H](O)[C@H]1CC[C@@H](CO)N1S(=O)(=O)c1ccc(C)cc1. The quantitative estimate of drug-likeness (QED) is 0.858. The van der Waals surface area contributed by atoms with Gasteiger partial charge in [-0.1, -0.05) is 24.6 Å². The molecule has 1 aliphatic rings. The van der Waals surface area contributed by atoms with Crippen molar-refractivity contribution in [1.82, 2.24) is 4.31 Å². The van der Waals surface area contributed by atoms with Crippen LogP contribution < -0.4 is 0 Å². The zero-order valence-electron chi connectivity index (χ0n) is 12.4. The zero-order chi connectivity index (χ0) is 15.6. The van der Waals surface area contributed by atoms with Crippen molar-refractivity contribution in [2.45, 2.75) is 56.2 Å². The molecule has 0 unspecified atom stereocenters. The van der Waals surface area contributed by atoms with Crippen LogP contribution in [0.1, 0.15) is 31.7 Å². The highest BCUT2D eigenvalue weighted by molar-refractivity contribution is 7.89. The topological polar surface area (TPSA) is 77.8 Å². The summed E-state index contributed by atoms with van der Waals surface area (Å²) in [4.78, 5) is 0.210. The summed E-state index contributed by atoms with van der Waals surface area (Å²) in [6, 6.07) is 5.74. The van der Waals surface area contributed by atoms with Gasteiger partial charge in [-0.15, -0.1) is 0 Å². The first kappa shape index (κ1) is 16.4. The lowest BCUT2D eigenvalue weighted by atomic mass is 10.1. The fraction of sp³-hybridized carbons (Fsp3) is 0.600. The van der Waals surface area contributed by atoms with E-state index in [-0.39, 0.29) is 11.5 Å². The van der Waals surface area contributed by atoms with Crippen molar-refractivity contribution >= 4 is 10.0 Å². The Bertz CT molecular complexity index is 570. The minimum atomic E-state index is -3.71. The molecule has 1 aliphatic heterocycles. The molecule has 2 N–H and O–H groups in total. The minimum absolute atomic E-state index is 0.210. The minimum Gasteiger partial charge on any atom is -0.395 e. The summed E-state index contributed by atoms with van der Waals surface area (Å²) in [5.74, 6) is 0. The summed E-state index contributed by atoms with van der Waals surface area (Å²) in [6.45, 7) is 3.50. The Morgan fingerprint density at radius 3 is 2.43 bits per heavy atom. The molecule has 0 aromatic heterocycles. The number of hydrogen-bond acceptors (Lipinski definition) is 4. The van der Waals surface area contributed by atoms with Crippen molar-refractivity contribution in [2.75, 3.05) is 6.61 Å². The lowest BCUT2D eigenvalue weighted by Crippen LogP contribution is -2.47. The molecule has 5 nitrogen and oxygen atoms in total. The second-order valence-corrected chi connectivity index (χ2v) is 7.45. The maximum atomic E-state index is 12.8. The van der Waals surface area contributed by atoms with Crippen LogP contribution in [0.25, 0.3) is 0 Å². The molecule has 0 amide bonds. The van der Waals surface area contributed by atoms with E-state index < -0.39 is 28.2 Å². The first-order valence-electron chi connectivity index (χ1n) is 7.31. The number of sulfonamides is 1. The highest BCUT2D eigenvalue weighted by atomic mass is 32.2. The summed E-state index contributed by atoms with van der Waals surface area (Å²) in [5, 5.41) is 19.6. The zero-order valence-corrected chi connectivity index (χ0v) is 13.3. The summed E-state index contributed by atoms with van der Waals surface area (Å²) < 4.78 is 27.0. The summed E-state index contributed by atoms with van der Waals surface area (Å²) >= 11 is 0. The molecule has 1 saturated heterocycles. The van der Waals surface area contributed by atoms with Gasteiger partial charge in [-0.05, 0) is 38.3 Å². The third-order valence-electron chi connectivity index (χ3n) is 4.15. The third-order valence-corrected chi connectivity index (χ3v) is 6.14. The molecule has 0 aliphatic carbocycles. The van der Waals surface area contributed by atoms with Crippen molar-refractivity contribution < 1.29 is 18.6 Å². The largest absolute Gasteiger partial charge is 0.395 e. The molecule has 1 aromatic rings. The second kappa shape index (κ2) is 6.44. The van der Waals surface area contributed by atoms with E-state index in [0.29, 0.717) is 19.3 Å². The Morgan fingerprint density at radius 2 is 1.90 bits per heavy atom. The van der Waals surface area contributed by atoms with Gasteiger partial charge in [0.05, 0.1) is 23.6 Å². The van der Waals surface area contributed by atoms with E-state index >= 15 is 0 Å². The Hall–Kier alpha value is -0.950. The van der Waals surface area contributed by atoms with Crippen molar-refractivity contribution in [3.8, 4) is 0 Å². The van der Waals surface area contributed by atoms with Crippen LogP contribution in [0.2, 0.25) is 0 Å². The van der Waals surface area contributed by atoms with Gasteiger partial charge in [0.1, 0.15) is 0 Å². The molecule has 118 valence electrons. The Labute approximate surface area is 126 Å². The molecular weight excluding hydrogens is 290 g/mol. The molecule has 2 rings (SSSR count). The fourth-order valence-electron chi connectivity index (χ4n) is 2.90. The van der Waals surface area contributed by atoms with E-state index in [1.807, 2.05) is 13.8 Å². The molecule has 1 heterocycles. The molecule has 1 aromatic carbocycles. The lowest BCUT2D eigenvalue weighted by Gasteiger charge is -2.31. The van der Waals surface area contributed by atoms with Gasteiger partial charge < -0.3 is 10.2 Å². The van der Waals surface area contributed by atoms with Crippen LogP contribution in [-0.2, 0) is 10.0 Å². The number of benzene rings is 1. The number of nitrogens with zero attached hydrogens (tertiary/aromatic N) is 1. The Kier molecular flexibility index (Phi) is 5.03. The van der Waals surface area contributed by atoms with E-state index in [1.54, 1.807) is 24.3 Å². The molecule has 0 bridgehead atoms. The summed E-state index contributed by atoms with van der Waals surface area (Å²) in [7, 11) is -3.71. The van der Waals surface area contributed by atoms with E-state index in [0.717, 1.165) is 5.56 Å². The van der Waals surface area contributed by atoms with Gasteiger partial charge in [0, 0.05) is 6.04 Å². The highest BCUT2D eigenvalue weighted by Crippen LogP contribution is 2.33. The van der Waals surface area contributed by atoms with Gasteiger partial charge in [0.2, 0.25) is 10.0 Å². The molecule has 0 saturated carbocycles. The highest BCUT2D eigenvalue weighted by Gasteiger charge is 2.44. The molecule has 0 radical (unpaired) electrons. The fourth-order valence-corrected chi connectivity index (χ4v) is 4.79. The molecule has 1 fully saturated rings. The first-order chi connectivity index (χ1) is 9.91. The van der Waals surface area contributed by atoms with Crippen LogP contribution in [0.4, 0.5) is 0 Å². The van der Waals surface area contributed by atoms with E-state index in [4.69, 9.17) is 0 Å². The van der Waals surface area contributed by atoms with Crippen LogP contribution >= 0.6 is 0 Å². The maximum Gasteiger partial charge on any atom is 0.243 e. The predicted octanol–water partition coefficient (Wildman–Crippen LogP) is 1.28. The lowest BCUT2D eigenvalue weighted by molar-refractivity contribution is 0.0859. The second-order valence-electron chi connectivity index (χ2n) is 5.60. The van der Waals surface area contributed by atoms with Crippen molar-refractivity contribution in [2.24, 2.45) is 0 Å². The molecule has 0 spiro atoms. The van der Waals surface area contributed by atoms with Gasteiger partial charge in [0.15, 0.2) is 0 Å².